The highest BCUT2D eigenvalue weighted by Crippen LogP contribution is 2.29. The molecule has 1 saturated carbocycles. The van der Waals surface area contributed by atoms with Crippen molar-refractivity contribution in [1.29, 1.82) is 0 Å². The van der Waals surface area contributed by atoms with Crippen LogP contribution in [0.2, 0.25) is 0 Å². The number of para-hydroxylation sites is 1. The minimum absolute atomic E-state index is 0.512. The Kier molecular flexibility index (Phi) is 4.95. The van der Waals surface area contributed by atoms with Gasteiger partial charge in [-0.1, -0.05) is 37.8 Å². The number of rotatable bonds is 4. The smallest absolute Gasteiger partial charge is 0.0819 e. The van der Waals surface area contributed by atoms with E-state index in [0.717, 1.165) is 31.4 Å². The van der Waals surface area contributed by atoms with E-state index >= 15 is 0 Å². The van der Waals surface area contributed by atoms with Crippen LogP contribution in [0.25, 0.3) is 0 Å². The highest BCUT2D eigenvalue weighted by molar-refractivity contribution is 7.98. The van der Waals surface area contributed by atoms with E-state index in [1.165, 1.54) is 17.7 Å². The van der Waals surface area contributed by atoms with E-state index in [-0.39, 0.29) is 0 Å². The SMILES string of the molecule is CSc1ccccc1NCC1(O)CCCCCC1. The molecule has 0 atom stereocenters. The Morgan fingerprint density at radius 1 is 1.17 bits per heavy atom. The van der Waals surface area contributed by atoms with Crippen molar-refractivity contribution in [3.8, 4) is 0 Å². The molecule has 0 aromatic heterocycles. The number of anilines is 1. The molecule has 0 unspecified atom stereocenters. The minimum Gasteiger partial charge on any atom is -0.388 e. The molecule has 0 saturated heterocycles. The lowest BCUT2D eigenvalue weighted by Crippen LogP contribution is -2.36. The normalized spacial score (nSPS) is 19.2. The monoisotopic (exact) mass is 265 g/mol. The lowest BCUT2D eigenvalue weighted by molar-refractivity contribution is 0.0381. The second-order valence-electron chi connectivity index (χ2n) is 5.19. The molecule has 0 aliphatic heterocycles. The summed E-state index contributed by atoms with van der Waals surface area (Å²) in [7, 11) is 0. The molecule has 2 rings (SSSR count). The molecule has 0 bridgehead atoms. The van der Waals surface area contributed by atoms with Crippen LogP contribution in [0.4, 0.5) is 5.69 Å². The second-order valence-corrected chi connectivity index (χ2v) is 6.04. The molecule has 1 aliphatic rings. The number of nitrogens with one attached hydrogen (secondary N) is 1. The van der Waals surface area contributed by atoms with Crippen molar-refractivity contribution < 1.29 is 5.11 Å². The lowest BCUT2D eigenvalue weighted by atomic mass is 9.94. The molecule has 0 spiro atoms. The van der Waals surface area contributed by atoms with Crippen LogP contribution in [0, 0.1) is 0 Å². The molecule has 1 aromatic rings. The molecule has 3 heteroatoms. The maximum atomic E-state index is 10.6. The lowest BCUT2D eigenvalue weighted by Gasteiger charge is -2.27. The first-order chi connectivity index (χ1) is 8.73. The van der Waals surface area contributed by atoms with Gasteiger partial charge in [-0.05, 0) is 31.2 Å². The summed E-state index contributed by atoms with van der Waals surface area (Å²) < 4.78 is 0. The van der Waals surface area contributed by atoms with Gasteiger partial charge in [-0.15, -0.1) is 11.8 Å². The molecule has 100 valence electrons. The Balaban J connectivity index is 1.97. The molecule has 18 heavy (non-hydrogen) atoms. The first-order valence-electron chi connectivity index (χ1n) is 6.83. The Labute approximate surface area is 114 Å². The van der Waals surface area contributed by atoms with Crippen molar-refractivity contribution >= 4 is 17.4 Å². The Hall–Kier alpha value is -0.670. The zero-order valence-electron chi connectivity index (χ0n) is 11.1. The summed E-state index contributed by atoms with van der Waals surface area (Å²) in [6.07, 6.45) is 8.79. The van der Waals surface area contributed by atoms with Crippen molar-refractivity contribution in [2.45, 2.75) is 49.0 Å². The number of hydrogen-bond acceptors (Lipinski definition) is 3. The number of hydrogen-bond donors (Lipinski definition) is 2. The summed E-state index contributed by atoms with van der Waals surface area (Å²) in [5, 5.41) is 14.0. The van der Waals surface area contributed by atoms with Gasteiger partial charge in [0.1, 0.15) is 0 Å². The average molecular weight is 265 g/mol. The van der Waals surface area contributed by atoms with Gasteiger partial charge in [-0.3, -0.25) is 0 Å². The largest absolute Gasteiger partial charge is 0.388 e. The summed E-state index contributed by atoms with van der Waals surface area (Å²) in [5.74, 6) is 0. The number of aliphatic hydroxyl groups is 1. The summed E-state index contributed by atoms with van der Waals surface area (Å²) in [6.45, 7) is 0.671. The molecule has 1 fully saturated rings. The van der Waals surface area contributed by atoms with E-state index in [1.807, 2.05) is 6.07 Å². The van der Waals surface area contributed by atoms with E-state index < -0.39 is 5.60 Å². The van der Waals surface area contributed by atoms with Crippen molar-refractivity contribution in [3.05, 3.63) is 24.3 Å². The zero-order valence-corrected chi connectivity index (χ0v) is 11.9. The van der Waals surface area contributed by atoms with Gasteiger partial charge < -0.3 is 10.4 Å². The Morgan fingerprint density at radius 2 is 1.83 bits per heavy atom. The van der Waals surface area contributed by atoms with E-state index in [2.05, 4.69) is 29.8 Å². The highest BCUT2D eigenvalue weighted by atomic mass is 32.2. The van der Waals surface area contributed by atoms with E-state index in [4.69, 9.17) is 0 Å². The van der Waals surface area contributed by atoms with Gasteiger partial charge in [0.2, 0.25) is 0 Å². The quantitative estimate of drug-likeness (QED) is 0.639. The maximum absolute atomic E-state index is 10.6. The molecule has 2 nitrogen and oxygen atoms in total. The molecule has 1 aromatic carbocycles. The molecule has 1 aliphatic carbocycles. The second kappa shape index (κ2) is 6.48. The Morgan fingerprint density at radius 3 is 2.50 bits per heavy atom. The fourth-order valence-corrected chi connectivity index (χ4v) is 3.19. The van der Waals surface area contributed by atoms with E-state index in [0.29, 0.717) is 6.54 Å². The van der Waals surface area contributed by atoms with E-state index in [9.17, 15) is 5.11 Å². The number of benzene rings is 1. The van der Waals surface area contributed by atoms with Gasteiger partial charge in [-0.2, -0.15) is 0 Å². The average Bonchev–Trinajstić information content (AvgIpc) is 2.62. The van der Waals surface area contributed by atoms with Crippen LogP contribution in [-0.4, -0.2) is 23.5 Å². The maximum Gasteiger partial charge on any atom is 0.0819 e. The van der Waals surface area contributed by atoms with Crippen molar-refractivity contribution in [2.75, 3.05) is 18.1 Å². The van der Waals surface area contributed by atoms with Crippen molar-refractivity contribution in [1.82, 2.24) is 0 Å². The highest BCUT2D eigenvalue weighted by Gasteiger charge is 2.27. The van der Waals surface area contributed by atoms with Gasteiger partial charge in [-0.25, -0.2) is 0 Å². The predicted octanol–water partition coefficient (Wildman–Crippen LogP) is 3.91. The van der Waals surface area contributed by atoms with Crippen LogP contribution < -0.4 is 5.32 Å². The standard InChI is InChI=1S/C15H23NOS/c1-18-14-9-5-4-8-13(14)16-12-15(17)10-6-2-3-7-11-15/h4-5,8-9,16-17H,2-3,6-7,10-12H2,1H3. The van der Waals surface area contributed by atoms with Gasteiger partial charge in [0.25, 0.3) is 0 Å². The zero-order chi connectivity index (χ0) is 12.8. The summed E-state index contributed by atoms with van der Waals surface area (Å²) in [4.78, 5) is 1.25. The Bertz CT molecular complexity index is 373. The fourth-order valence-electron chi connectivity index (χ4n) is 2.61. The van der Waals surface area contributed by atoms with Gasteiger partial charge in [0, 0.05) is 17.1 Å². The van der Waals surface area contributed by atoms with E-state index in [1.54, 1.807) is 11.8 Å². The van der Waals surface area contributed by atoms with Crippen LogP contribution in [0.3, 0.4) is 0 Å². The van der Waals surface area contributed by atoms with Crippen LogP contribution in [0.1, 0.15) is 38.5 Å². The summed E-state index contributed by atoms with van der Waals surface area (Å²) in [5.41, 5.74) is 0.629. The van der Waals surface area contributed by atoms with Crippen molar-refractivity contribution in [2.24, 2.45) is 0 Å². The fraction of sp³-hybridized carbons (Fsp3) is 0.600. The van der Waals surface area contributed by atoms with Gasteiger partial charge in [0.05, 0.1) is 5.60 Å². The van der Waals surface area contributed by atoms with Crippen LogP contribution in [0.15, 0.2) is 29.2 Å². The molecule has 0 heterocycles. The van der Waals surface area contributed by atoms with Crippen LogP contribution in [0.5, 0.6) is 0 Å². The molecular weight excluding hydrogens is 242 g/mol. The van der Waals surface area contributed by atoms with Crippen molar-refractivity contribution in [3.63, 3.8) is 0 Å². The van der Waals surface area contributed by atoms with Crippen LogP contribution in [-0.2, 0) is 0 Å². The molecule has 2 N–H and O–H groups in total. The summed E-state index contributed by atoms with van der Waals surface area (Å²) >= 11 is 1.74. The van der Waals surface area contributed by atoms with Gasteiger partial charge in [0.15, 0.2) is 0 Å². The first-order valence-corrected chi connectivity index (χ1v) is 8.05. The topological polar surface area (TPSA) is 32.3 Å². The minimum atomic E-state index is -0.512. The number of thioether (sulfide) groups is 1. The molecule has 0 amide bonds. The third kappa shape index (κ3) is 3.66. The summed E-state index contributed by atoms with van der Waals surface area (Å²) in [6, 6.07) is 8.30. The predicted molar refractivity (Wildman–Crippen MR) is 79.4 cm³/mol. The third-order valence-electron chi connectivity index (χ3n) is 3.75. The van der Waals surface area contributed by atoms with Gasteiger partial charge >= 0.3 is 0 Å². The molecular formula is C15H23NOS. The molecule has 0 radical (unpaired) electrons. The van der Waals surface area contributed by atoms with Crippen LogP contribution >= 0.6 is 11.8 Å². The third-order valence-corrected chi connectivity index (χ3v) is 4.54. The first kappa shape index (κ1) is 13.8.